The monoisotopic (exact) mass is 451 g/mol. The normalized spacial score (nSPS) is 14.7. The van der Waals surface area contributed by atoms with E-state index in [-0.39, 0.29) is 0 Å². The van der Waals surface area contributed by atoms with E-state index in [4.69, 9.17) is 24.3 Å². The number of thiazole rings is 1. The van der Waals surface area contributed by atoms with Crippen molar-refractivity contribution < 1.29 is 14.2 Å². The molecule has 0 saturated heterocycles. The van der Waals surface area contributed by atoms with Gasteiger partial charge in [-0.3, -0.25) is 0 Å². The van der Waals surface area contributed by atoms with Crippen LogP contribution in [0.3, 0.4) is 0 Å². The predicted octanol–water partition coefficient (Wildman–Crippen LogP) is 6.03. The Hall–Kier alpha value is -3.06. The second-order valence-corrected chi connectivity index (χ2v) is 8.51. The summed E-state index contributed by atoms with van der Waals surface area (Å²) in [6.07, 6.45) is 6.97. The van der Waals surface area contributed by atoms with Crippen molar-refractivity contribution in [2.24, 2.45) is 10.1 Å². The van der Waals surface area contributed by atoms with Gasteiger partial charge in [-0.15, -0.1) is 11.3 Å². The Morgan fingerprint density at radius 2 is 1.50 bits per heavy atom. The highest BCUT2D eigenvalue weighted by Crippen LogP contribution is 2.34. The van der Waals surface area contributed by atoms with Crippen LogP contribution in [0, 0.1) is 0 Å². The quantitative estimate of drug-likeness (QED) is 0.430. The lowest BCUT2D eigenvalue weighted by molar-refractivity contribution is 0.404. The summed E-state index contributed by atoms with van der Waals surface area (Å²) >= 11 is 1.56. The average molecular weight is 452 g/mol. The minimum absolute atomic E-state index is 0.773. The molecule has 2 aromatic carbocycles. The third-order valence-corrected chi connectivity index (χ3v) is 6.40. The molecule has 0 atom stereocenters. The first-order valence-corrected chi connectivity index (χ1v) is 11.8. The van der Waals surface area contributed by atoms with Crippen LogP contribution in [-0.4, -0.2) is 31.7 Å². The maximum absolute atomic E-state index is 5.66. The summed E-state index contributed by atoms with van der Waals surface area (Å²) in [6, 6.07) is 13.6. The van der Waals surface area contributed by atoms with Gasteiger partial charge in [-0.2, -0.15) is 5.10 Å². The van der Waals surface area contributed by atoms with Crippen molar-refractivity contribution in [2.75, 3.05) is 21.3 Å². The summed E-state index contributed by atoms with van der Waals surface area (Å²) in [4.78, 5) is 5.71. The second kappa shape index (κ2) is 10.5. The van der Waals surface area contributed by atoms with Gasteiger partial charge in [0.05, 0.1) is 32.7 Å². The molecule has 1 heterocycles. The van der Waals surface area contributed by atoms with Crippen LogP contribution in [0.5, 0.6) is 17.2 Å². The molecule has 0 unspecified atom stereocenters. The minimum Gasteiger partial charge on any atom is -0.497 e. The average Bonchev–Trinajstić information content (AvgIpc) is 3.03. The predicted molar refractivity (Wildman–Crippen MR) is 130 cm³/mol. The Morgan fingerprint density at radius 3 is 2.16 bits per heavy atom. The van der Waals surface area contributed by atoms with E-state index in [1.807, 2.05) is 47.1 Å². The van der Waals surface area contributed by atoms with E-state index in [0.29, 0.717) is 0 Å². The van der Waals surface area contributed by atoms with Gasteiger partial charge in [-0.1, -0.05) is 12.8 Å². The Morgan fingerprint density at radius 1 is 0.812 bits per heavy atom. The van der Waals surface area contributed by atoms with Gasteiger partial charge in [-0.05, 0) is 68.1 Å². The molecule has 32 heavy (non-hydrogen) atoms. The molecule has 1 aliphatic carbocycles. The van der Waals surface area contributed by atoms with Crippen molar-refractivity contribution in [2.45, 2.75) is 38.5 Å². The Labute approximate surface area is 192 Å². The summed E-state index contributed by atoms with van der Waals surface area (Å²) in [5.41, 5.74) is 3.94. The maximum Gasteiger partial charge on any atom is 0.211 e. The summed E-state index contributed by atoms with van der Waals surface area (Å²) in [5, 5.41) is 7.19. The molecule has 0 aliphatic heterocycles. The van der Waals surface area contributed by atoms with Crippen LogP contribution >= 0.6 is 11.3 Å². The fraction of sp³-hybridized carbons (Fsp3) is 0.360. The van der Waals surface area contributed by atoms with E-state index < -0.39 is 0 Å². The van der Waals surface area contributed by atoms with Crippen molar-refractivity contribution in [1.82, 2.24) is 4.68 Å². The van der Waals surface area contributed by atoms with Gasteiger partial charge >= 0.3 is 0 Å². The molecule has 0 spiro atoms. The molecule has 0 amide bonds. The van der Waals surface area contributed by atoms with E-state index in [1.54, 1.807) is 32.7 Å². The highest BCUT2D eigenvalue weighted by atomic mass is 32.1. The number of ether oxygens (including phenoxy) is 3. The smallest absolute Gasteiger partial charge is 0.211 e. The number of nitrogens with zero attached hydrogens (tertiary/aromatic N) is 3. The highest BCUT2D eigenvalue weighted by molar-refractivity contribution is 7.07. The fourth-order valence-electron chi connectivity index (χ4n) is 3.82. The zero-order valence-electron chi connectivity index (χ0n) is 18.8. The number of benzene rings is 2. The zero-order chi connectivity index (χ0) is 22.3. The lowest BCUT2D eigenvalue weighted by Gasteiger charge is -2.12. The van der Waals surface area contributed by atoms with E-state index in [0.717, 1.165) is 51.8 Å². The molecule has 0 radical (unpaired) electrons. The number of rotatable bonds is 6. The van der Waals surface area contributed by atoms with Crippen LogP contribution in [0.15, 0.2) is 57.9 Å². The standard InChI is InChI=1S/C25H29N3O3S/c1-29-20-12-10-18(11-13-20)26-25-28(27-19-8-6-4-5-7-9-19)23(17-32-25)22-16-21(30-2)14-15-24(22)31-3/h10-17H,4-9H2,1-3H3. The number of hydrogen-bond acceptors (Lipinski definition) is 6. The Kier molecular flexibility index (Phi) is 7.27. The van der Waals surface area contributed by atoms with E-state index in [1.165, 1.54) is 31.4 Å². The van der Waals surface area contributed by atoms with Crippen LogP contribution in [-0.2, 0) is 0 Å². The molecule has 6 nitrogen and oxygen atoms in total. The Balaban J connectivity index is 1.87. The van der Waals surface area contributed by atoms with Crippen molar-refractivity contribution >= 4 is 22.7 Å². The molecule has 4 rings (SSSR count). The van der Waals surface area contributed by atoms with Gasteiger partial charge in [0.25, 0.3) is 0 Å². The van der Waals surface area contributed by atoms with Gasteiger partial charge in [0.15, 0.2) is 0 Å². The van der Waals surface area contributed by atoms with Crippen LogP contribution in [0.4, 0.5) is 5.69 Å². The maximum atomic E-state index is 5.66. The first-order chi connectivity index (χ1) is 15.7. The molecule has 1 saturated carbocycles. The summed E-state index contributed by atoms with van der Waals surface area (Å²) in [6.45, 7) is 0. The first kappa shape index (κ1) is 22.1. The third-order valence-electron chi connectivity index (χ3n) is 5.59. The number of methoxy groups -OCH3 is 3. The summed E-state index contributed by atoms with van der Waals surface area (Å²) in [5.74, 6) is 2.35. The van der Waals surface area contributed by atoms with Crippen molar-refractivity contribution in [3.8, 4) is 28.5 Å². The van der Waals surface area contributed by atoms with Crippen molar-refractivity contribution in [1.29, 1.82) is 0 Å². The summed E-state index contributed by atoms with van der Waals surface area (Å²) < 4.78 is 18.4. The van der Waals surface area contributed by atoms with Gasteiger partial charge in [-0.25, -0.2) is 9.67 Å². The highest BCUT2D eigenvalue weighted by Gasteiger charge is 2.16. The van der Waals surface area contributed by atoms with Crippen molar-refractivity contribution in [3.05, 3.63) is 52.6 Å². The topological polar surface area (TPSA) is 57.3 Å². The molecule has 0 bridgehead atoms. The van der Waals surface area contributed by atoms with Crippen LogP contribution < -0.4 is 19.0 Å². The molecular formula is C25H29N3O3S. The minimum atomic E-state index is 0.773. The van der Waals surface area contributed by atoms with Crippen LogP contribution in [0.2, 0.25) is 0 Å². The molecule has 7 heteroatoms. The van der Waals surface area contributed by atoms with Gasteiger partial charge in [0.2, 0.25) is 4.80 Å². The fourth-order valence-corrected chi connectivity index (χ4v) is 4.66. The molecular weight excluding hydrogens is 422 g/mol. The summed E-state index contributed by atoms with van der Waals surface area (Å²) in [7, 11) is 5.02. The molecule has 1 fully saturated rings. The molecule has 168 valence electrons. The molecule has 1 aromatic heterocycles. The molecule has 3 aromatic rings. The largest absolute Gasteiger partial charge is 0.497 e. The number of aromatic nitrogens is 1. The van der Waals surface area contributed by atoms with Gasteiger partial charge in [0, 0.05) is 16.7 Å². The Bertz CT molecular complexity index is 1140. The number of hydrogen-bond donors (Lipinski definition) is 0. The third kappa shape index (κ3) is 5.05. The molecule has 0 N–H and O–H groups in total. The lowest BCUT2D eigenvalue weighted by Crippen LogP contribution is -2.14. The van der Waals surface area contributed by atoms with Crippen LogP contribution in [0.1, 0.15) is 38.5 Å². The van der Waals surface area contributed by atoms with Gasteiger partial charge in [0.1, 0.15) is 17.2 Å². The van der Waals surface area contributed by atoms with E-state index >= 15 is 0 Å². The van der Waals surface area contributed by atoms with E-state index in [9.17, 15) is 0 Å². The van der Waals surface area contributed by atoms with E-state index in [2.05, 4.69) is 5.38 Å². The SMILES string of the molecule is COc1ccc(N=c2scc(-c3cc(OC)ccc3OC)n2N=C2CCCCCC2)cc1. The second-order valence-electron chi connectivity index (χ2n) is 7.67. The lowest BCUT2D eigenvalue weighted by atomic mass is 10.1. The first-order valence-electron chi connectivity index (χ1n) is 10.9. The van der Waals surface area contributed by atoms with Gasteiger partial charge < -0.3 is 14.2 Å². The zero-order valence-corrected chi connectivity index (χ0v) is 19.7. The van der Waals surface area contributed by atoms with Crippen molar-refractivity contribution in [3.63, 3.8) is 0 Å². The van der Waals surface area contributed by atoms with Crippen LogP contribution in [0.25, 0.3) is 11.3 Å². The molecule has 1 aliphatic rings.